The second-order valence-electron chi connectivity index (χ2n) is 37.3. The molecule has 0 aliphatic carbocycles. The minimum Gasteiger partial charge on any atom is -0.326 e. The van der Waals surface area contributed by atoms with E-state index >= 15 is 0 Å². The van der Waals surface area contributed by atoms with Crippen molar-refractivity contribution in [1.82, 2.24) is 28.7 Å². The number of aromatic nitrogens is 6. The third-order valence-electron chi connectivity index (χ3n) is 26.1. The van der Waals surface area contributed by atoms with E-state index in [1.165, 1.54) is 33.4 Å². The van der Waals surface area contributed by atoms with Crippen LogP contribution >= 0.6 is 0 Å². The van der Waals surface area contributed by atoms with E-state index in [2.05, 4.69) is 476 Å². The van der Waals surface area contributed by atoms with Gasteiger partial charge in [0.2, 0.25) is 0 Å². The fraction of sp³-hybridized carbons (Fsp3) is 0.0976. The van der Waals surface area contributed by atoms with Crippen molar-refractivity contribution in [2.45, 2.75) is 78.6 Å². The monoisotopic (exact) mass is 1850 g/mol. The molecule has 0 saturated carbocycles. The average molecular weight is 1850 g/mol. The summed E-state index contributed by atoms with van der Waals surface area (Å²) in [6.07, 6.45) is 5.86. The minimum atomic E-state index is -0.123. The van der Waals surface area contributed by atoms with Crippen LogP contribution in [0.3, 0.4) is 0 Å². The maximum atomic E-state index is 5.14. The van der Waals surface area contributed by atoms with E-state index in [1.54, 1.807) is 0 Å². The first-order chi connectivity index (χ1) is 62.9. The van der Waals surface area contributed by atoms with Crippen LogP contribution in [0.5, 0.6) is 0 Å². The molecular weight excluding hydrogens is 1750 g/mol. The molecule has 6 nitrogen and oxygen atoms in total. The van der Waals surface area contributed by atoms with Crippen LogP contribution in [0.25, 0.3) is 216 Å². The second kappa shape index (κ2) is 33.0. The van der Waals surface area contributed by atoms with Gasteiger partial charge in [-0.2, -0.15) is 0 Å². The van der Waals surface area contributed by atoms with Crippen LogP contribution in [0.2, 0.25) is 0 Å². The first-order valence-corrected chi connectivity index (χ1v) is 44.7. The molecule has 16 aromatic carbocycles. The molecule has 0 aliphatic heterocycles. The largest absolute Gasteiger partial charge is 3.00 e. The number of nitrogens with zero attached hydrogens (tertiary/aromatic N) is 6. The van der Waals surface area contributed by atoms with E-state index in [4.69, 9.17) is 15.0 Å². The van der Waals surface area contributed by atoms with Crippen molar-refractivity contribution >= 4 is 65.4 Å². The first-order valence-electron chi connectivity index (χ1n) is 44.7. The van der Waals surface area contributed by atoms with Gasteiger partial charge < -0.3 is 28.7 Å². The molecule has 22 aromatic rings. The van der Waals surface area contributed by atoms with Crippen molar-refractivity contribution in [2.75, 3.05) is 0 Å². The minimum absolute atomic E-state index is 0. The van der Waals surface area contributed by atoms with Crippen molar-refractivity contribution in [3.8, 4) is 151 Å². The van der Waals surface area contributed by atoms with E-state index in [1.807, 2.05) is 18.6 Å². The topological polar surface area (TPSA) is 53.5 Å². The van der Waals surface area contributed by atoms with Gasteiger partial charge in [0.05, 0.1) is 33.1 Å². The number of pyridine rings is 3. The van der Waals surface area contributed by atoms with E-state index in [0.29, 0.717) is 0 Å². The summed E-state index contributed by atoms with van der Waals surface area (Å²) >= 11 is 0. The van der Waals surface area contributed by atoms with Crippen molar-refractivity contribution in [3.63, 3.8) is 0 Å². The molecule has 0 atom stereocenters. The van der Waals surface area contributed by atoms with E-state index in [9.17, 15) is 0 Å². The van der Waals surface area contributed by atoms with E-state index < -0.39 is 0 Å². The number of rotatable bonds is 15. The van der Waals surface area contributed by atoms with Gasteiger partial charge in [-0.15, -0.1) is 71.3 Å². The number of hydrogen-bond donors (Lipinski definition) is 0. The number of fused-ring (bicyclic) bond motifs is 9. The van der Waals surface area contributed by atoms with Gasteiger partial charge in [0.1, 0.15) is 0 Å². The Morgan fingerprint density at radius 1 is 0.200 bits per heavy atom. The Morgan fingerprint density at radius 2 is 0.446 bits per heavy atom. The third kappa shape index (κ3) is 14.9. The molecule has 130 heavy (non-hydrogen) atoms. The zero-order valence-electron chi connectivity index (χ0n) is 74.1. The van der Waals surface area contributed by atoms with E-state index in [-0.39, 0.29) is 36.4 Å². The SMILES string of the molecule is CC(C)(C)c1ccnc(-c2[c-]cc(-c3ccccc3-c3cc(-c4ccccc4-c4c[c-]c(-c5cc(C(C)(C)C)ccn5)cc4-n4c5ccccc5c5cc(-c6ccccc6)ccc54)cc(-c4ccccc4-c4c[c-]c(-c5cc(C(C)(C)C)ccn5)cc4-n4c5ccccc5c5cc(-c6ccccc6)ccc54)c3)c(-n3c4ccccc4c4cc(-c5ccccc5)ccc43)c2)c1.[Ir+3]. The third-order valence-corrected chi connectivity index (χ3v) is 26.1. The van der Waals surface area contributed by atoms with Crippen LogP contribution < -0.4 is 0 Å². The van der Waals surface area contributed by atoms with Gasteiger partial charge in [-0.25, -0.2) is 0 Å². The molecular formula is C123H93IrN6. The normalized spacial score (nSPS) is 12.0. The van der Waals surface area contributed by atoms with Gasteiger partial charge in [0.25, 0.3) is 0 Å². The molecule has 6 heterocycles. The summed E-state index contributed by atoms with van der Waals surface area (Å²) in [5, 5.41) is 6.98. The van der Waals surface area contributed by atoms with Crippen LogP contribution in [0.1, 0.15) is 79.0 Å². The number of para-hydroxylation sites is 3. The molecule has 0 amide bonds. The fourth-order valence-corrected chi connectivity index (χ4v) is 19.3. The molecule has 0 N–H and O–H groups in total. The summed E-state index contributed by atoms with van der Waals surface area (Å²) in [7, 11) is 0. The Labute approximate surface area is 773 Å². The number of hydrogen-bond acceptors (Lipinski definition) is 3. The standard InChI is InChI=1S/C123H93N6.Ir/c1-121(2,3)91-61-64-124-109(76-91)85-49-55-103(118(73-85)127-112-46-28-25-43-100(112)106-70-82(52-58-115(106)127)79-31-13-10-14-32-79)97-40-22-19-37-94(97)88-67-89(95-38-20-23-41-98(95)104-56-50-86(110-77-92(62-65-125-110)122(4,5)6)74-119(104)128-113-47-29-26-44-101(113)107-71-83(53-59-116(107)128)80-33-15-11-16-34-80)69-90(68-88)96-39-21-24-42-99(96)105-57-51-87(111-78-93(63-66-126-111)123(7,8)9)75-120(105)129-114-48-30-27-45-102(114)108-72-84(54-60-117(108)129)81-35-17-12-18-36-81;/h10-48,52-78H,1-9H3;/q-3;+3. The van der Waals surface area contributed by atoms with Gasteiger partial charge in [-0.05, 0) is 225 Å². The van der Waals surface area contributed by atoms with Crippen LogP contribution in [-0.2, 0) is 36.4 Å². The predicted molar refractivity (Wildman–Crippen MR) is 541 cm³/mol. The van der Waals surface area contributed by atoms with E-state index in [0.717, 1.165) is 200 Å². The van der Waals surface area contributed by atoms with Crippen LogP contribution in [0.4, 0.5) is 0 Å². The van der Waals surface area contributed by atoms with Gasteiger partial charge in [0, 0.05) is 50.9 Å². The quantitative estimate of drug-likeness (QED) is 0.0961. The Kier molecular flexibility index (Phi) is 20.8. The predicted octanol–water partition coefficient (Wildman–Crippen LogP) is 32.5. The maximum Gasteiger partial charge on any atom is 3.00 e. The molecule has 7 heteroatoms. The van der Waals surface area contributed by atoms with Crippen molar-refractivity contribution in [1.29, 1.82) is 0 Å². The van der Waals surface area contributed by atoms with Crippen molar-refractivity contribution < 1.29 is 20.1 Å². The van der Waals surface area contributed by atoms with Crippen molar-refractivity contribution in [3.05, 3.63) is 436 Å². The Bertz CT molecular complexity index is 7390. The zero-order chi connectivity index (χ0) is 87.4. The maximum absolute atomic E-state index is 5.14. The molecule has 0 bridgehead atoms. The van der Waals surface area contributed by atoms with Gasteiger partial charge >= 0.3 is 20.1 Å². The molecule has 6 aromatic heterocycles. The molecule has 0 aliphatic rings. The summed E-state index contributed by atoms with van der Waals surface area (Å²) < 4.78 is 7.45. The molecule has 0 fully saturated rings. The molecule has 0 radical (unpaired) electrons. The summed E-state index contributed by atoms with van der Waals surface area (Å²) in [6, 6.07) is 153. The smallest absolute Gasteiger partial charge is 0.326 e. The summed E-state index contributed by atoms with van der Waals surface area (Å²) in [6.45, 7) is 20.4. The Morgan fingerprint density at radius 3 is 0.723 bits per heavy atom. The second-order valence-corrected chi connectivity index (χ2v) is 37.3. The molecule has 0 unspecified atom stereocenters. The fourth-order valence-electron chi connectivity index (χ4n) is 19.3. The summed E-state index contributed by atoms with van der Waals surface area (Å²) in [5.41, 5.74) is 37.4. The molecule has 0 spiro atoms. The molecule has 624 valence electrons. The van der Waals surface area contributed by atoms with Gasteiger partial charge in [-0.1, -0.05) is 350 Å². The average Bonchev–Trinajstić information content (AvgIpc) is 1.58. The first kappa shape index (κ1) is 82.0. The van der Waals surface area contributed by atoms with Crippen molar-refractivity contribution in [2.24, 2.45) is 0 Å². The van der Waals surface area contributed by atoms with Crippen LogP contribution in [0.15, 0.2) is 401 Å². The van der Waals surface area contributed by atoms with Gasteiger partial charge in [0.15, 0.2) is 0 Å². The zero-order valence-corrected chi connectivity index (χ0v) is 76.5. The summed E-state index contributed by atoms with van der Waals surface area (Å²) in [5.74, 6) is 0. The van der Waals surface area contributed by atoms with Gasteiger partial charge in [-0.3, -0.25) is 0 Å². The Hall–Kier alpha value is -15.0. The molecule has 22 rings (SSSR count). The number of benzene rings is 16. The Balaban J connectivity index is 0.0000102. The van der Waals surface area contributed by atoms with Crippen LogP contribution in [-0.4, -0.2) is 28.7 Å². The van der Waals surface area contributed by atoms with Crippen LogP contribution in [0, 0.1) is 18.2 Å². The summed E-state index contributed by atoms with van der Waals surface area (Å²) in [4.78, 5) is 15.4. The molecule has 0 saturated heterocycles.